The second-order valence-corrected chi connectivity index (χ2v) is 7.64. The minimum atomic E-state index is -0.433. The topological polar surface area (TPSA) is 97.1 Å². The van der Waals surface area contributed by atoms with Crippen LogP contribution in [-0.2, 0) is 11.2 Å². The van der Waals surface area contributed by atoms with Gasteiger partial charge in [-0.15, -0.1) is 11.3 Å². The molecule has 0 saturated heterocycles. The van der Waals surface area contributed by atoms with Gasteiger partial charge in [0.2, 0.25) is 11.8 Å². The van der Waals surface area contributed by atoms with E-state index in [2.05, 4.69) is 20.6 Å². The van der Waals surface area contributed by atoms with Crippen molar-refractivity contribution in [1.82, 2.24) is 15.3 Å². The van der Waals surface area contributed by atoms with Gasteiger partial charge in [0.15, 0.2) is 10.8 Å². The predicted octanol–water partition coefficient (Wildman–Crippen LogP) is 3.58. The quantitative estimate of drug-likeness (QED) is 0.636. The molecule has 1 fully saturated rings. The maximum atomic E-state index is 12.5. The molecule has 28 heavy (non-hydrogen) atoms. The monoisotopic (exact) mass is 396 g/mol. The lowest BCUT2D eigenvalue weighted by Crippen LogP contribution is -2.37. The lowest BCUT2D eigenvalue weighted by molar-refractivity contribution is -0.128. The largest absolute Gasteiger partial charge is 0.446 e. The van der Waals surface area contributed by atoms with Crippen molar-refractivity contribution in [1.29, 1.82) is 0 Å². The van der Waals surface area contributed by atoms with Crippen molar-refractivity contribution in [2.45, 2.75) is 31.7 Å². The molecule has 0 spiro atoms. The van der Waals surface area contributed by atoms with Crippen LogP contribution in [0.1, 0.15) is 47.2 Å². The van der Waals surface area contributed by atoms with E-state index in [-0.39, 0.29) is 17.5 Å². The third-order valence-corrected chi connectivity index (χ3v) is 5.47. The summed E-state index contributed by atoms with van der Waals surface area (Å²) < 4.78 is 5.57. The average molecular weight is 396 g/mol. The Morgan fingerprint density at radius 3 is 2.75 bits per heavy atom. The number of hydrogen-bond acceptors (Lipinski definition) is 6. The number of aromatic nitrogens is 2. The van der Waals surface area contributed by atoms with E-state index in [0.717, 1.165) is 24.8 Å². The van der Waals surface area contributed by atoms with E-state index in [1.165, 1.54) is 17.6 Å². The molecule has 8 heteroatoms. The van der Waals surface area contributed by atoms with Gasteiger partial charge in [0.05, 0.1) is 0 Å². The van der Waals surface area contributed by atoms with Crippen molar-refractivity contribution in [3.05, 3.63) is 65.3 Å². The normalized spacial score (nSPS) is 14.9. The first kappa shape index (κ1) is 18.4. The summed E-state index contributed by atoms with van der Waals surface area (Å²) in [5, 5.41) is 7.99. The van der Waals surface area contributed by atoms with Gasteiger partial charge in [-0.2, -0.15) is 0 Å². The fraction of sp³-hybridized carbons (Fsp3) is 0.300. The number of thiazole rings is 1. The summed E-state index contributed by atoms with van der Waals surface area (Å²) in [6.45, 7) is 0. The first-order chi connectivity index (χ1) is 13.7. The maximum Gasteiger partial charge on any atom is 0.279 e. The number of carbonyl (C=O) groups excluding carboxylic acids is 2. The molecule has 0 radical (unpaired) electrons. The van der Waals surface area contributed by atoms with Gasteiger partial charge in [0, 0.05) is 23.9 Å². The van der Waals surface area contributed by atoms with Crippen LogP contribution in [0.4, 0.5) is 5.13 Å². The van der Waals surface area contributed by atoms with Crippen LogP contribution >= 0.6 is 11.3 Å². The predicted molar refractivity (Wildman–Crippen MR) is 105 cm³/mol. The number of oxazole rings is 1. The van der Waals surface area contributed by atoms with Crippen molar-refractivity contribution in [3.63, 3.8) is 0 Å². The number of anilines is 1. The van der Waals surface area contributed by atoms with Gasteiger partial charge in [-0.3, -0.25) is 14.9 Å². The molecule has 2 heterocycles. The Morgan fingerprint density at radius 1 is 1.25 bits per heavy atom. The molecule has 0 aliphatic heterocycles. The summed E-state index contributed by atoms with van der Waals surface area (Å²) in [5.74, 6) is -0.00498. The molecule has 144 valence electrons. The SMILES string of the molecule is O=C(Nc1nccs1)c1coc([C@H](Cc2ccccc2)NC(=O)C2CCC2)n1. The van der Waals surface area contributed by atoms with Crippen LogP contribution in [0.5, 0.6) is 0 Å². The first-order valence-electron chi connectivity index (χ1n) is 9.19. The highest BCUT2D eigenvalue weighted by Crippen LogP contribution is 2.28. The highest BCUT2D eigenvalue weighted by molar-refractivity contribution is 7.13. The van der Waals surface area contributed by atoms with Crippen LogP contribution in [0.2, 0.25) is 0 Å². The van der Waals surface area contributed by atoms with Crippen molar-refractivity contribution >= 4 is 28.3 Å². The summed E-state index contributed by atoms with van der Waals surface area (Å²) in [4.78, 5) is 33.2. The van der Waals surface area contributed by atoms with Crippen LogP contribution < -0.4 is 10.6 Å². The molecule has 2 N–H and O–H groups in total. The summed E-state index contributed by atoms with van der Waals surface area (Å²) in [7, 11) is 0. The third-order valence-electron chi connectivity index (χ3n) is 4.78. The van der Waals surface area contributed by atoms with Crippen molar-refractivity contribution in [2.75, 3.05) is 5.32 Å². The molecular formula is C20H20N4O3S. The molecule has 1 aromatic carbocycles. The number of rotatable bonds is 7. The number of carbonyl (C=O) groups is 2. The van der Waals surface area contributed by atoms with Gasteiger partial charge in [0.1, 0.15) is 12.3 Å². The lowest BCUT2D eigenvalue weighted by atomic mass is 9.84. The second kappa shape index (κ2) is 8.35. The number of hydrogen-bond donors (Lipinski definition) is 2. The van der Waals surface area contributed by atoms with Gasteiger partial charge in [-0.1, -0.05) is 36.8 Å². The fourth-order valence-electron chi connectivity index (χ4n) is 3.01. The smallest absolute Gasteiger partial charge is 0.279 e. The van der Waals surface area contributed by atoms with Crippen LogP contribution in [-0.4, -0.2) is 21.8 Å². The highest BCUT2D eigenvalue weighted by Gasteiger charge is 2.29. The molecule has 4 rings (SSSR count). The Kier molecular flexibility index (Phi) is 5.48. The molecule has 0 bridgehead atoms. The average Bonchev–Trinajstić information content (AvgIpc) is 3.32. The van der Waals surface area contributed by atoms with Crippen LogP contribution in [0.15, 0.2) is 52.6 Å². The van der Waals surface area contributed by atoms with E-state index in [1.54, 1.807) is 11.6 Å². The minimum absolute atomic E-state index is 0.0131. The Morgan fingerprint density at radius 2 is 2.07 bits per heavy atom. The van der Waals surface area contributed by atoms with E-state index in [0.29, 0.717) is 17.4 Å². The van der Waals surface area contributed by atoms with Gasteiger partial charge >= 0.3 is 0 Å². The van der Waals surface area contributed by atoms with E-state index < -0.39 is 11.9 Å². The summed E-state index contributed by atoms with van der Waals surface area (Å²) in [6, 6.07) is 9.38. The van der Waals surface area contributed by atoms with Crippen molar-refractivity contribution in [3.8, 4) is 0 Å². The summed E-state index contributed by atoms with van der Waals surface area (Å²) >= 11 is 1.32. The van der Waals surface area contributed by atoms with Gasteiger partial charge in [-0.25, -0.2) is 9.97 Å². The second-order valence-electron chi connectivity index (χ2n) is 6.74. The van der Waals surface area contributed by atoms with Gasteiger partial charge in [-0.05, 0) is 18.4 Å². The standard InChI is InChI=1S/C20H20N4O3S/c25-17(14-7-4-8-14)22-15(11-13-5-2-1-3-6-13)19-23-16(12-27-19)18(26)24-20-21-9-10-28-20/h1-3,5-6,9-10,12,14-15H,4,7-8,11H2,(H,22,25)(H,21,24,26)/t15-/m0/s1. The highest BCUT2D eigenvalue weighted by atomic mass is 32.1. The maximum absolute atomic E-state index is 12.5. The van der Waals surface area contributed by atoms with Crippen molar-refractivity contribution < 1.29 is 14.0 Å². The number of amides is 2. The van der Waals surface area contributed by atoms with E-state index >= 15 is 0 Å². The zero-order valence-electron chi connectivity index (χ0n) is 15.1. The van der Waals surface area contributed by atoms with E-state index in [4.69, 9.17) is 4.42 Å². The first-order valence-corrected chi connectivity index (χ1v) is 10.1. The molecule has 2 amide bonds. The Labute approximate surface area is 166 Å². The molecule has 1 saturated carbocycles. The summed E-state index contributed by atoms with van der Waals surface area (Å²) in [5.41, 5.74) is 1.20. The zero-order valence-corrected chi connectivity index (χ0v) is 15.9. The molecule has 1 atom stereocenters. The van der Waals surface area contributed by atoms with Gasteiger partial charge < -0.3 is 9.73 Å². The molecule has 3 aromatic rings. The molecule has 7 nitrogen and oxygen atoms in total. The van der Waals surface area contributed by atoms with Crippen LogP contribution in [0.25, 0.3) is 0 Å². The lowest BCUT2D eigenvalue weighted by Gasteiger charge is -2.26. The Hall–Kier alpha value is -3.00. The zero-order chi connectivity index (χ0) is 19.3. The fourth-order valence-corrected chi connectivity index (χ4v) is 3.53. The molecule has 2 aromatic heterocycles. The van der Waals surface area contributed by atoms with Crippen LogP contribution in [0, 0.1) is 5.92 Å². The van der Waals surface area contributed by atoms with Gasteiger partial charge in [0.25, 0.3) is 5.91 Å². The van der Waals surface area contributed by atoms with E-state index in [9.17, 15) is 9.59 Å². The minimum Gasteiger partial charge on any atom is -0.446 e. The Balaban J connectivity index is 1.51. The Bertz CT molecular complexity index is 936. The number of nitrogens with zero attached hydrogens (tertiary/aromatic N) is 2. The summed E-state index contributed by atoms with van der Waals surface area (Å²) in [6.07, 6.45) is 6.37. The molecule has 1 aliphatic carbocycles. The third kappa shape index (κ3) is 4.28. The van der Waals surface area contributed by atoms with Crippen molar-refractivity contribution in [2.24, 2.45) is 5.92 Å². The molecule has 1 aliphatic rings. The number of benzene rings is 1. The number of nitrogens with one attached hydrogen (secondary N) is 2. The molecule has 0 unspecified atom stereocenters. The molecular weight excluding hydrogens is 376 g/mol. The van der Waals surface area contributed by atoms with E-state index in [1.807, 2.05) is 30.3 Å². The van der Waals surface area contributed by atoms with Crippen LogP contribution in [0.3, 0.4) is 0 Å².